The number of hydrogen-bond donors (Lipinski definition) is 0. The van der Waals surface area contributed by atoms with E-state index in [1.165, 1.54) is 32.2 Å². The van der Waals surface area contributed by atoms with Crippen LogP contribution in [0.25, 0.3) is 0 Å². The summed E-state index contributed by atoms with van der Waals surface area (Å²) >= 11 is 5.74. The molecule has 0 saturated carbocycles. The molecule has 0 amide bonds. The molecule has 1 rings (SSSR count). The molecule has 0 bridgehead atoms. The summed E-state index contributed by atoms with van der Waals surface area (Å²) in [7, 11) is 1.27. The fourth-order valence-corrected chi connectivity index (χ4v) is 1.26. The lowest BCUT2D eigenvalue weighted by molar-refractivity contribution is 0.0600. The van der Waals surface area contributed by atoms with Crippen molar-refractivity contribution in [3.63, 3.8) is 0 Å². The topological polar surface area (TPSA) is 43.4 Å². The Morgan fingerprint density at radius 3 is 2.29 bits per heavy atom. The zero-order valence-corrected chi connectivity index (χ0v) is 8.59. The van der Waals surface area contributed by atoms with Gasteiger partial charge in [-0.3, -0.25) is 4.79 Å². The number of halogens is 1. The summed E-state index contributed by atoms with van der Waals surface area (Å²) in [6, 6.07) is 4.43. The molecule has 0 atom stereocenters. The van der Waals surface area contributed by atoms with E-state index in [1.54, 1.807) is 0 Å². The smallest absolute Gasteiger partial charge is 0.337 e. The van der Waals surface area contributed by atoms with Crippen LogP contribution in [-0.4, -0.2) is 18.9 Å². The molecule has 0 saturated heterocycles. The number of benzene rings is 1. The first-order chi connectivity index (χ1) is 6.54. The van der Waals surface area contributed by atoms with Crippen LogP contribution in [0.4, 0.5) is 0 Å². The summed E-state index contributed by atoms with van der Waals surface area (Å²) in [6.07, 6.45) is 0. The molecule has 0 N–H and O–H groups in total. The van der Waals surface area contributed by atoms with Gasteiger partial charge in [0.1, 0.15) is 0 Å². The van der Waals surface area contributed by atoms with Crippen molar-refractivity contribution in [3.8, 4) is 0 Å². The van der Waals surface area contributed by atoms with Gasteiger partial charge in [-0.1, -0.05) is 11.6 Å². The van der Waals surface area contributed by atoms with Gasteiger partial charge in [0.25, 0.3) is 0 Å². The quantitative estimate of drug-likeness (QED) is 0.558. The first-order valence-corrected chi connectivity index (χ1v) is 4.32. The molecule has 14 heavy (non-hydrogen) atoms. The van der Waals surface area contributed by atoms with E-state index >= 15 is 0 Å². The molecule has 0 unspecified atom stereocenters. The van der Waals surface area contributed by atoms with Gasteiger partial charge in [-0.05, 0) is 25.1 Å². The SMILES string of the molecule is COC(=O)c1cc(Cl)cc(C(C)=O)c1. The van der Waals surface area contributed by atoms with Gasteiger partial charge in [0.15, 0.2) is 5.78 Å². The van der Waals surface area contributed by atoms with Crippen molar-refractivity contribution in [1.82, 2.24) is 0 Å². The number of ether oxygens (including phenoxy) is 1. The Morgan fingerprint density at radius 1 is 1.21 bits per heavy atom. The Hall–Kier alpha value is -1.35. The highest BCUT2D eigenvalue weighted by Crippen LogP contribution is 2.16. The van der Waals surface area contributed by atoms with Crippen molar-refractivity contribution in [2.75, 3.05) is 7.11 Å². The van der Waals surface area contributed by atoms with Crippen molar-refractivity contribution >= 4 is 23.4 Å². The van der Waals surface area contributed by atoms with Crippen LogP contribution >= 0.6 is 11.6 Å². The van der Waals surface area contributed by atoms with Crippen molar-refractivity contribution in [2.45, 2.75) is 6.92 Å². The van der Waals surface area contributed by atoms with Crippen LogP contribution in [0.5, 0.6) is 0 Å². The van der Waals surface area contributed by atoms with E-state index in [1.807, 2.05) is 0 Å². The second-order valence-corrected chi connectivity index (χ2v) is 3.21. The second kappa shape index (κ2) is 4.24. The van der Waals surface area contributed by atoms with E-state index in [9.17, 15) is 9.59 Å². The first-order valence-electron chi connectivity index (χ1n) is 3.94. The van der Waals surface area contributed by atoms with Gasteiger partial charge in [0, 0.05) is 10.6 Å². The minimum absolute atomic E-state index is 0.141. The van der Waals surface area contributed by atoms with Crippen LogP contribution in [0.15, 0.2) is 18.2 Å². The van der Waals surface area contributed by atoms with Gasteiger partial charge in [-0.15, -0.1) is 0 Å². The van der Waals surface area contributed by atoms with Crippen LogP contribution in [0, 0.1) is 0 Å². The van der Waals surface area contributed by atoms with E-state index in [-0.39, 0.29) is 11.3 Å². The maximum atomic E-state index is 11.1. The summed E-state index contributed by atoms with van der Waals surface area (Å²) in [5.41, 5.74) is 0.683. The van der Waals surface area contributed by atoms with Gasteiger partial charge in [-0.25, -0.2) is 4.79 Å². The predicted octanol–water partition coefficient (Wildman–Crippen LogP) is 2.33. The molecule has 0 aliphatic rings. The zero-order chi connectivity index (χ0) is 10.7. The lowest BCUT2D eigenvalue weighted by Crippen LogP contribution is -2.03. The van der Waals surface area contributed by atoms with Gasteiger partial charge in [0.05, 0.1) is 12.7 Å². The van der Waals surface area contributed by atoms with Crippen LogP contribution in [0.3, 0.4) is 0 Å². The third kappa shape index (κ3) is 2.33. The number of carbonyl (C=O) groups excluding carboxylic acids is 2. The molecule has 0 aliphatic heterocycles. The molecule has 1 aromatic carbocycles. The standard InChI is InChI=1S/C10H9ClO3/c1-6(12)7-3-8(10(13)14-2)5-9(11)4-7/h3-5H,1-2H3. The van der Waals surface area contributed by atoms with Crippen LogP contribution in [0.1, 0.15) is 27.6 Å². The molecule has 0 spiro atoms. The first kappa shape index (κ1) is 10.7. The molecule has 74 valence electrons. The molecule has 1 aromatic rings. The minimum Gasteiger partial charge on any atom is -0.465 e. The van der Waals surface area contributed by atoms with Crippen molar-refractivity contribution in [2.24, 2.45) is 0 Å². The number of rotatable bonds is 2. The van der Waals surface area contributed by atoms with E-state index in [0.29, 0.717) is 10.6 Å². The highest BCUT2D eigenvalue weighted by molar-refractivity contribution is 6.31. The van der Waals surface area contributed by atoms with Crippen LogP contribution in [-0.2, 0) is 4.74 Å². The average Bonchev–Trinajstić information content (AvgIpc) is 2.15. The Labute approximate surface area is 86.6 Å². The summed E-state index contributed by atoms with van der Waals surface area (Å²) in [5.74, 6) is -0.646. The second-order valence-electron chi connectivity index (χ2n) is 2.78. The Bertz CT molecular complexity index is 385. The monoisotopic (exact) mass is 212 g/mol. The molecule has 3 nitrogen and oxygen atoms in total. The number of carbonyl (C=O) groups is 2. The number of Topliss-reactive ketones (excluding diaryl/α,β-unsaturated/α-hetero) is 1. The Kier molecular flexibility index (Phi) is 3.25. The Balaban J connectivity index is 3.20. The average molecular weight is 213 g/mol. The summed E-state index contributed by atoms with van der Waals surface area (Å²) in [4.78, 5) is 22.2. The van der Waals surface area contributed by atoms with Crippen molar-refractivity contribution in [3.05, 3.63) is 34.3 Å². The third-order valence-corrected chi connectivity index (χ3v) is 1.94. The molecule has 4 heteroatoms. The fraction of sp³-hybridized carbons (Fsp3) is 0.200. The maximum absolute atomic E-state index is 11.1. The predicted molar refractivity (Wildman–Crippen MR) is 52.8 cm³/mol. The van der Waals surface area contributed by atoms with Gasteiger partial charge in [-0.2, -0.15) is 0 Å². The number of esters is 1. The van der Waals surface area contributed by atoms with Gasteiger partial charge < -0.3 is 4.74 Å². The number of hydrogen-bond acceptors (Lipinski definition) is 3. The summed E-state index contributed by atoms with van der Waals surface area (Å²) in [5, 5.41) is 0.345. The van der Waals surface area contributed by atoms with E-state index < -0.39 is 5.97 Å². The number of methoxy groups -OCH3 is 1. The largest absolute Gasteiger partial charge is 0.465 e. The molecule has 0 radical (unpaired) electrons. The van der Waals surface area contributed by atoms with Crippen molar-refractivity contribution in [1.29, 1.82) is 0 Å². The Morgan fingerprint density at radius 2 is 1.79 bits per heavy atom. The summed E-state index contributed by atoms with van der Waals surface area (Å²) in [6.45, 7) is 1.41. The molecule has 0 aliphatic carbocycles. The third-order valence-electron chi connectivity index (χ3n) is 1.73. The molecular weight excluding hydrogens is 204 g/mol. The van der Waals surface area contributed by atoms with Gasteiger partial charge in [0.2, 0.25) is 0 Å². The summed E-state index contributed by atoms with van der Waals surface area (Å²) < 4.78 is 4.52. The molecule has 0 fully saturated rings. The van der Waals surface area contributed by atoms with E-state index in [2.05, 4.69) is 4.74 Å². The molecule has 0 aromatic heterocycles. The van der Waals surface area contributed by atoms with Gasteiger partial charge >= 0.3 is 5.97 Å². The lowest BCUT2D eigenvalue weighted by atomic mass is 10.1. The minimum atomic E-state index is -0.505. The molecule has 0 heterocycles. The highest BCUT2D eigenvalue weighted by Gasteiger charge is 2.09. The van der Waals surface area contributed by atoms with Crippen LogP contribution < -0.4 is 0 Å². The lowest BCUT2D eigenvalue weighted by Gasteiger charge is -2.02. The maximum Gasteiger partial charge on any atom is 0.337 e. The highest BCUT2D eigenvalue weighted by atomic mass is 35.5. The van der Waals surface area contributed by atoms with Crippen LogP contribution in [0.2, 0.25) is 5.02 Å². The van der Waals surface area contributed by atoms with E-state index in [0.717, 1.165) is 0 Å². The van der Waals surface area contributed by atoms with E-state index in [4.69, 9.17) is 11.6 Å². The normalized spacial score (nSPS) is 9.64. The number of ketones is 1. The zero-order valence-electron chi connectivity index (χ0n) is 7.83. The molecular formula is C10H9ClO3. The van der Waals surface area contributed by atoms with Crippen molar-refractivity contribution < 1.29 is 14.3 Å². The fourth-order valence-electron chi connectivity index (χ4n) is 1.03.